The first-order valence-electron chi connectivity index (χ1n) is 4.39. The lowest BCUT2D eigenvalue weighted by atomic mass is 9.80. The van der Waals surface area contributed by atoms with Crippen molar-refractivity contribution in [3.63, 3.8) is 0 Å². The van der Waals surface area contributed by atoms with E-state index in [1.54, 1.807) is 0 Å². The quantitative estimate of drug-likeness (QED) is 0.607. The first-order chi connectivity index (χ1) is 8.84. The predicted molar refractivity (Wildman–Crippen MR) is 41.2 cm³/mol. The van der Waals surface area contributed by atoms with E-state index in [9.17, 15) is 52.3 Å². The normalized spacial score (nSPS) is 30.0. The molecule has 1 aliphatic carbocycles. The Morgan fingerprint density at radius 1 is 0.714 bits per heavy atom. The molecule has 0 spiro atoms. The molecule has 15 heteroatoms. The predicted octanol–water partition coefficient (Wildman–Crippen LogP) is 2.36. The SMILES string of the molecule is O=S(=O)(O)OC1C(F)(F)C(F)(F)C(F)(F)C(F)(F)C1(F)F. The smallest absolute Gasteiger partial charge is 0.264 e. The van der Waals surface area contributed by atoms with Gasteiger partial charge in [-0.15, -0.1) is 0 Å². The van der Waals surface area contributed by atoms with Crippen LogP contribution in [-0.2, 0) is 14.6 Å². The maximum absolute atomic E-state index is 13.0. The first kappa shape index (κ1) is 18.2. The van der Waals surface area contributed by atoms with Gasteiger partial charge in [-0.1, -0.05) is 0 Å². The third kappa shape index (κ3) is 2.08. The van der Waals surface area contributed by atoms with E-state index in [0.29, 0.717) is 0 Å². The highest BCUT2D eigenvalue weighted by Gasteiger charge is 2.96. The van der Waals surface area contributed by atoms with Gasteiger partial charge >= 0.3 is 40.0 Å². The fraction of sp³-hybridized carbons (Fsp3) is 1.00. The zero-order chi connectivity index (χ0) is 17.3. The van der Waals surface area contributed by atoms with Crippen LogP contribution in [0.15, 0.2) is 0 Å². The molecule has 1 aliphatic rings. The molecule has 0 aromatic heterocycles. The summed E-state index contributed by atoms with van der Waals surface area (Å²) in [4.78, 5) is 0. The molecule has 0 aromatic carbocycles. The molecule has 0 radical (unpaired) electrons. The van der Waals surface area contributed by atoms with E-state index >= 15 is 0 Å². The molecule has 1 saturated carbocycles. The summed E-state index contributed by atoms with van der Waals surface area (Å²) in [6.45, 7) is 0. The molecular formula is C6H2F10O4S. The zero-order valence-electron chi connectivity index (χ0n) is 8.94. The lowest BCUT2D eigenvalue weighted by Gasteiger charge is -2.48. The molecule has 1 rings (SSSR count). The van der Waals surface area contributed by atoms with E-state index in [-0.39, 0.29) is 0 Å². The van der Waals surface area contributed by atoms with Crippen LogP contribution in [0.2, 0.25) is 0 Å². The average Bonchev–Trinajstić information content (AvgIpc) is 2.22. The van der Waals surface area contributed by atoms with Crippen molar-refractivity contribution in [3.8, 4) is 0 Å². The van der Waals surface area contributed by atoms with E-state index < -0.39 is 46.1 Å². The Balaban J connectivity index is 3.66. The fourth-order valence-corrected chi connectivity index (χ4v) is 1.90. The van der Waals surface area contributed by atoms with Crippen LogP contribution in [0.5, 0.6) is 0 Å². The molecule has 1 fully saturated rings. The summed E-state index contributed by atoms with van der Waals surface area (Å²) in [6, 6.07) is 0. The van der Waals surface area contributed by atoms with Crippen molar-refractivity contribution < 1.29 is 61.1 Å². The standard InChI is InChI=1S/C6H2F10O4S/c7-2(8)1(20-21(17,18)19)3(9,10)5(13,14)6(15,16)4(2,11)12/h1H,(H,17,18,19). The highest BCUT2D eigenvalue weighted by atomic mass is 32.3. The third-order valence-electron chi connectivity index (χ3n) is 2.50. The van der Waals surface area contributed by atoms with Gasteiger partial charge in [0.25, 0.3) is 0 Å². The Kier molecular flexibility index (Phi) is 3.58. The molecule has 4 nitrogen and oxygen atoms in total. The third-order valence-corrected chi connectivity index (χ3v) is 2.94. The highest BCUT2D eigenvalue weighted by molar-refractivity contribution is 7.80. The summed E-state index contributed by atoms with van der Waals surface area (Å²) in [5.41, 5.74) is 0. The zero-order valence-corrected chi connectivity index (χ0v) is 9.75. The van der Waals surface area contributed by atoms with Crippen LogP contribution < -0.4 is 0 Å². The number of halogens is 10. The minimum Gasteiger partial charge on any atom is -0.264 e. The molecule has 1 N–H and O–H groups in total. The summed E-state index contributed by atoms with van der Waals surface area (Å²) in [5.74, 6) is -34.9. The number of hydrogen-bond donors (Lipinski definition) is 1. The van der Waals surface area contributed by atoms with Gasteiger partial charge in [-0.2, -0.15) is 52.3 Å². The Bertz CT molecular complexity index is 510. The summed E-state index contributed by atoms with van der Waals surface area (Å²) < 4.78 is 159. The molecule has 0 bridgehead atoms. The van der Waals surface area contributed by atoms with Crippen LogP contribution in [0.3, 0.4) is 0 Å². The number of rotatable bonds is 2. The largest absolute Gasteiger partial charge is 0.398 e. The second-order valence-corrected chi connectivity index (χ2v) is 4.92. The van der Waals surface area contributed by atoms with Crippen LogP contribution in [0.25, 0.3) is 0 Å². The van der Waals surface area contributed by atoms with E-state index in [1.165, 1.54) is 0 Å². The van der Waals surface area contributed by atoms with Gasteiger partial charge in [-0.05, 0) is 0 Å². The monoisotopic (exact) mass is 360 g/mol. The molecule has 0 unspecified atom stereocenters. The van der Waals surface area contributed by atoms with Gasteiger partial charge in [-0.3, -0.25) is 4.55 Å². The minimum atomic E-state index is -7.23. The molecule has 0 aromatic rings. The maximum Gasteiger partial charge on any atom is 0.398 e. The van der Waals surface area contributed by atoms with Crippen LogP contribution in [-0.4, -0.2) is 48.7 Å². The van der Waals surface area contributed by atoms with Gasteiger partial charge in [-0.25, -0.2) is 4.18 Å². The highest BCUT2D eigenvalue weighted by Crippen LogP contribution is 2.65. The topological polar surface area (TPSA) is 63.6 Å². The molecule has 0 saturated heterocycles. The molecule has 0 aliphatic heterocycles. The van der Waals surface area contributed by atoms with E-state index in [4.69, 9.17) is 4.55 Å². The summed E-state index contributed by atoms with van der Waals surface area (Å²) in [5, 5.41) is 0. The van der Waals surface area contributed by atoms with E-state index in [0.717, 1.165) is 0 Å². The van der Waals surface area contributed by atoms with Crippen molar-refractivity contribution in [2.24, 2.45) is 0 Å². The molecular weight excluding hydrogens is 358 g/mol. The van der Waals surface area contributed by atoms with Crippen LogP contribution in [0.4, 0.5) is 43.9 Å². The van der Waals surface area contributed by atoms with Gasteiger partial charge in [0.2, 0.25) is 6.10 Å². The van der Waals surface area contributed by atoms with Crippen molar-refractivity contribution in [3.05, 3.63) is 0 Å². The van der Waals surface area contributed by atoms with Gasteiger partial charge in [0.05, 0.1) is 0 Å². The second-order valence-electron chi connectivity index (χ2n) is 3.87. The van der Waals surface area contributed by atoms with Crippen LogP contribution in [0.1, 0.15) is 0 Å². The molecule has 0 amide bonds. The van der Waals surface area contributed by atoms with Crippen molar-refractivity contribution >= 4 is 10.4 Å². The summed E-state index contributed by atoms with van der Waals surface area (Å²) in [6.07, 6.45) is -5.26. The van der Waals surface area contributed by atoms with Crippen molar-refractivity contribution in [2.75, 3.05) is 0 Å². The van der Waals surface area contributed by atoms with E-state index in [2.05, 4.69) is 4.18 Å². The van der Waals surface area contributed by atoms with Gasteiger partial charge in [0.15, 0.2) is 0 Å². The Morgan fingerprint density at radius 2 is 1.00 bits per heavy atom. The second kappa shape index (κ2) is 4.13. The lowest BCUT2D eigenvalue weighted by molar-refractivity contribution is -0.466. The number of alkyl halides is 10. The molecule has 0 atom stereocenters. The van der Waals surface area contributed by atoms with Crippen molar-refractivity contribution in [1.82, 2.24) is 0 Å². The lowest BCUT2D eigenvalue weighted by Crippen LogP contribution is -2.80. The van der Waals surface area contributed by atoms with E-state index in [1.807, 2.05) is 0 Å². The Labute approximate surface area is 108 Å². The average molecular weight is 360 g/mol. The molecule has 126 valence electrons. The summed E-state index contributed by atoms with van der Waals surface area (Å²) >= 11 is 0. The van der Waals surface area contributed by atoms with Crippen LogP contribution >= 0.6 is 0 Å². The minimum absolute atomic E-state index is 2.41. The van der Waals surface area contributed by atoms with Gasteiger partial charge in [0.1, 0.15) is 0 Å². The van der Waals surface area contributed by atoms with Crippen LogP contribution in [0, 0.1) is 0 Å². The maximum atomic E-state index is 13.0. The fourth-order valence-electron chi connectivity index (χ4n) is 1.42. The van der Waals surface area contributed by atoms with Gasteiger partial charge < -0.3 is 0 Å². The first-order valence-corrected chi connectivity index (χ1v) is 5.75. The van der Waals surface area contributed by atoms with Gasteiger partial charge in [0, 0.05) is 0 Å². The van der Waals surface area contributed by atoms with Crippen molar-refractivity contribution in [2.45, 2.75) is 35.7 Å². The summed E-state index contributed by atoms with van der Waals surface area (Å²) in [7, 11) is -6.38. The molecule has 0 heterocycles. The Morgan fingerprint density at radius 3 is 1.24 bits per heavy atom. The number of hydrogen-bond acceptors (Lipinski definition) is 3. The van der Waals surface area contributed by atoms with Crippen molar-refractivity contribution in [1.29, 1.82) is 0 Å². The Hall–Kier alpha value is -0.830. The molecule has 21 heavy (non-hydrogen) atoms.